The van der Waals surface area contributed by atoms with E-state index < -0.39 is 6.10 Å². The molecule has 2 aliphatic heterocycles. The maximum atomic E-state index is 10.3. The van der Waals surface area contributed by atoms with Gasteiger partial charge in [-0.2, -0.15) is 5.26 Å². The maximum Gasteiger partial charge on any atom is 0.138 e. The van der Waals surface area contributed by atoms with Gasteiger partial charge in [-0.05, 0) is 51.8 Å². The average Bonchev–Trinajstić information content (AvgIpc) is 3.15. The monoisotopic (exact) mass is 325 g/mol. The molecule has 1 aromatic heterocycles. The van der Waals surface area contributed by atoms with E-state index in [9.17, 15) is 5.11 Å². The highest BCUT2D eigenvalue weighted by molar-refractivity contribution is 5.70. The maximum absolute atomic E-state index is 10.3. The summed E-state index contributed by atoms with van der Waals surface area (Å²) in [6.45, 7) is 3.87. The van der Waals surface area contributed by atoms with Gasteiger partial charge in [0.15, 0.2) is 0 Å². The highest BCUT2D eigenvalue weighted by Gasteiger charge is 2.35. The Hall–Kier alpha value is -2.26. The SMILES string of the molecule is CC(O)c1nc2c(n1C1CCC(C#N)CC1)=C1C=CNC1(C)NC=2. The van der Waals surface area contributed by atoms with Gasteiger partial charge in [0.05, 0.1) is 11.4 Å². The van der Waals surface area contributed by atoms with Gasteiger partial charge in [0.2, 0.25) is 0 Å². The van der Waals surface area contributed by atoms with E-state index in [4.69, 9.17) is 10.2 Å². The van der Waals surface area contributed by atoms with Gasteiger partial charge in [0.1, 0.15) is 22.9 Å². The second-order valence-corrected chi connectivity index (χ2v) is 7.19. The lowest BCUT2D eigenvalue weighted by Crippen LogP contribution is -2.56. The van der Waals surface area contributed by atoms with Crippen molar-refractivity contribution in [2.45, 2.75) is 57.3 Å². The molecule has 1 fully saturated rings. The first-order chi connectivity index (χ1) is 11.5. The van der Waals surface area contributed by atoms with Crippen molar-refractivity contribution in [3.63, 3.8) is 0 Å². The molecule has 6 heteroatoms. The van der Waals surface area contributed by atoms with E-state index in [-0.39, 0.29) is 17.6 Å². The molecule has 24 heavy (non-hydrogen) atoms. The normalized spacial score (nSPS) is 32.0. The van der Waals surface area contributed by atoms with E-state index in [1.165, 1.54) is 0 Å². The highest BCUT2D eigenvalue weighted by Crippen LogP contribution is 2.33. The van der Waals surface area contributed by atoms with Crippen molar-refractivity contribution in [3.05, 3.63) is 28.8 Å². The van der Waals surface area contributed by atoms with Crippen LogP contribution in [0.5, 0.6) is 0 Å². The molecule has 1 aliphatic carbocycles. The summed E-state index contributed by atoms with van der Waals surface area (Å²) < 4.78 is 2.23. The minimum Gasteiger partial charge on any atom is -0.385 e. The van der Waals surface area contributed by atoms with Gasteiger partial charge in [-0.15, -0.1) is 0 Å². The molecule has 6 nitrogen and oxygen atoms in total. The first kappa shape index (κ1) is 15.3. The summed E-state index contributed by atoms with van der Waals surface area (Å²) in [5.74, 6) is 0.880. The summed E-state index contributed by atoms with van der Waals surface area (Å²) in [5.41, 5.74) is 0.826. The number of imidazole rings is 1. The van der Waals surface area contributed by atoms with Crippen LogP contribution in [-0.4, -0.2) is 20.3 Å². The molecule has 0 amide bonds. The van der Waals surface area contributed by atoms with Crippen molar-refractivity contribution in [2.24, 2.45) is 5.92 Å². The van der Waals surface area contributed by atoms with Crippen molar-refractivity contribution in [2.75, 3.05) is 0 Å². The number of nitriles is 1. The fourth-order valence-corrected chi connectivity index (χ4v) is 4.15. The van der Waals surface area contributed by atoms with Crippen molar-refractivity contribution in [1.82, 2.24) is 20.2 Å². The van der Waals surface area contributed by atoms with E-state index in [1.807, 2.05) is 12.4 Å². The molecule has 3 aliphatic rings. The summed E-state index contributed by atoms with van der Waals surface area (Å²) >= 11 is 0. The highest BCUT2D eigenvalue weighted by atomic mass is 16.3. The molecule has 3 heterocycles. The van der Waals surface area contributed by atoms with Crippen LogP contribution in [0.25, 0.3) is 11.8 Å². The quantitative estimate of drug-likeness (QED) is 0.738. The van der Waals surface area contributed by atoms with Crippen LogP contribution in [0.4, 0.5) is 0 Å². The molecule has 4 rings (SSSR count). The zero-order valence-corrected chi connectivity index (χ0v) is 14.1. The average molecular weight is 325 g/mol. The Morgan fingerprint density at radius 3 is 2.79 bits per heavy atom. The van der Waals surface area contributed by atoms with E-state index >= 15 is 0 Å². The second-order valence-electron chi connectivity index (χ2n) is 7.19. The molecule has 126 valence electrons. The van der Waals surface area contributed by atoms with Crippen molar-refractivity contribution >= 4 is 11.8 Å². The lowest BCUT2D eigenvalue weighted by Gasteiger charge is -2.32. The van der Waals surface area contributed by atoms with Gasteiger partial charge in [-0.25, -0.2) is 4.98 Å². The number of hydrogen-bond donors (Lipinski definition) is 3. The number of aromatic nitrogens is 2. The Bertz CT molecular complexity index is 851. The molecule has 0 bridgehead atoms. The number of nitrogens with zero attached hydrogens (tertiary/aromatic N) is 3. The Labute approximate surface area is 141 Å². The second kappa shape index (κ2) is 5.38. The number of aliphatic hydroxyl groups is 1. The molecular formula is C18H23N5O. The molecule has 3 N–H and O–H groups in total. The van der Waals surface area contributed by atoms with Crippen LogP contribution in [0.2, 0.25) is 0 Å². The summed E-state index contributed by atoms with van der Waals surface area (Å²) in [7, 11) is 0. The summed E-state index contributed by atoms with van der Waals surface area (Å²) in [6.07, 6.45) is 9.09. The van der Waals surface area contributed by atoms with Crippen LogP contribution in [-0.2, 0) is 0 Å². The van der Waals surface area contributed by atoms with E-state index in [2.05, 4.69) is 34.3 Å². The minimum atomic E-state index is -0.622. The van der Waals surface area contributed by atoms with Gasteiger partial charge in [-0.3, -0.25) is 0 Å². The molecule has 2 atom stereocenters. The zero-order chi connectivity index (χ0) is 16.9. The fraction of sp³-hybridized carbons (Fsp3) is 0.556. The summed E-state index contributed by atoms with van der Waals surface area (Å²) in [5, 5.41) is 28.1. The summed E-state index contributed by atoms with van der Waals surface area (Å²) in [4.78, 5) is 4.70. The third kappa shape index (κ3) is 2.15. The van der Waals surface area contributed by atoms with Crippen LogP contribution in [0, 0.1) is 17.2 Å². The molecular weight excluding hydrogens is 302 g/mol. The zero-order valence-electron chi connectivity index (χ0n) is 14.1. The van der Waals surface area contributed by atoms with Crippen LogP contribution in [0.1, 0.15) is 57.5 Å². The first-order valence-electron chi connectivity index (χ1n) is 8.66. The smallest absolute Gasteiger partial charge is 0.138 e. The molecule has 0 spiro atoms. The third-order valence-electron chi connectivity index (χ3n) is 5.50. The fourth-order valence-electron chi connectivity index (χ4n) is 4.15. The van der Waals surface area contributed by atoms with Gasteiger partial charge < -0.3 is 20.3 Å². The molecule has 0 aromatic carbocycles. The summed E-state index contributed by atoms with van der Waals surface area (Å²) in [6, 6.07) is 2.68. The molecule has 2 unspecified atom stereocenters. The molecule has 0 radical (unpaired) electrons. The molecule has 1 aromatic rings. The first-order valence-corrected chi connectivity index (χ1v) is 8.66. The topological polar surface area (TPSA) is 85.9 Å². The minimum absolute atomic E-state index is 0.162. The van der Waals surface area contributed by atoms with E-state index in [0.717, 1.165) is 47.8 Å². The van der Waals surface area contributed by atoms with E-state index in [0.29, 0.717) is 0 Å². The standard InChI is InChI=1S/C18H23N5O/c1-11(24)17-22-15-10-21-18(2)14(7-8-20-18)16(15)23(17)13-5-3-12(9-19)4-6-13/h7-8,10-13,20-21,24H,3-6H2,1-2H3. The molecule has 1 saturated carbocycles. The van der Waals surface area contributed by atoms with Crippen molar-refractivity contribution in [3.8, 4) is 6.07 Å². The van der Waals surface area contributed by atoms with Crippen molar-refractivity contribution < 1.29 is 5.11 Å². The molecule has 0 saturated heterocycles. The predicted octanol–water partition coefficient (Wildman–Crippen LogP) is 0.516. The van der Waals surface area contributed by atoms with Gasteiger partial charge in [0, 0.05) is 23.7 Å². The van der Waals surface area contributed by atoms with E-state index in [1.54, 1.807) is 6.92 Å². The Morgan fingerprint density at radius 1 is 1.38 bits per heavy atom. The van der Waals surface area contributed by atoms with Crippen LogP contribution in [0.3, 0.4) is 0 Å². The Kier molecular flexibility index (Phi) is 3.43. The number of hydrogen-bond acceptors (Lipinski definition) is 5. The van der Waals surface area contributed by atoms with Crippen molar-refractivity contribution in [1.29, 1.82) is 5.26 Å². The number of aliphatic hydroxyl groups excluding tert-OH is 1. The lowest BCUT2D eigenvalue weighted by atomic mass is 9.86. The number of rotatable bonds is 2. The lowest BCUT2D eigenvalue weighted by molar-refractivity contribution is 0.174. The Morgan fingerprint density at radius 2 is 2.12 bits per heavy atom. The predicted molar refractivity (Wildman–Crippen MR) is 90.4 cm³/mol. The van der Waals surface area contributed by atoms with Crippen LogP contribution >= 0.6 is 0 Å². The van der Waals surface area contributed by atoms with Crippen LogP contribution < -0.4 is 21.3 Å². The van der Waals surface area contributed by atoms with Gasteiger partial charge in [-0.1, -0.05) is 0 Å². The number of fused-ring (bicyclic) bond motifs is 2. The van der Waals surface area contributed by atoms with Gasteiger partial charge in [0.25, 0.3) is 0 Å². The number of nitrogens with one attached hydrogen (secondary N) is 2. The third-order valence-corrected chi connectivity index (χ3v) is 5.50. The Balaban J connectivity index is 1.90. The van der Waals surface area contributed by atoms with Gasteiger partial charge >= 0.3 is 0 Å². The largest absolute Gasteiger partial charge is 0.385 e. The van der Waals surface area contributed by atoms with Crippen LogP contribution in [0.15, 0.2) is 12.3 Å².